The number of hydrogen-bond donors (Lipinski definition) is 1. The van der Waals surface area contributed by atoms with Gasteiger partial charge in [0.15, 0.2) is 6.61 Å². The van der Waals surface area contributed by atoms with Crippen molar-refractivity contribution >= 4 is 28.5 Å². The lowest BCUT2D eigenvalue weighted by atomic mass is 10.0. The smallest absolute Gasteiger partial charge is 0.339 e. The molecule has 4 rings (SSSR count). The molecule has 0 radical (unpaired) electrons. The summed E-state index contributed by atoms with van der Waals surface area (Å²) in [5.74, 6) is -0.963. The molecule has 142 valence electrons. The van der Waals surface area contributed by atoms with E-state index in [4.69, 9.17) is 4.74 Å². The van der Waals surface area contributed by atoms with Crippen LogP contribution in [0.5, 0.6) is 0 Å². The Kier molecular flexibility index (Phi) is 5.29. The Labute approximate surface area is 168 Å². The highest BCUT2D eigenvalue weighted by Gasteiger charge is 2.16. The van der Waals surface area contributed by atoms with Crippen molar-refractivity contribution in [1.82, 2.24) is 4.98 Å². The molecule has 0 atom stereocenters. The van der Waals surface area contributed by atoms with Gasteiger partial charge in [0.05, 0.1) is 16.8 Å². The molecule has 5 nitrogen and oxygen atoms in total. The van der Waals surface area contributed by atoms with Crippen molar-refractivity contribution in [2.45, 2.75) is 0 Å². The number of ether oxygens (including phenoxy) is 1. The molecule has 0 spiro atoms. The van der Waals surface area contributed by atoms with E-state index >= 15 is 0 Å². The van der Waals surface area contributed by atoms with Crippen molar-refractivity contribution in [3.05, 3.63) is 96.6 Å². The van der Waals surface area contributed by atoms with Gasteiger partial charge in [-0.1, -0.05) is 66.7 Å². The molecule has 0 unspecified atom stereocenters. The minimum atomic E-state index is -0.566. The topological polar surface area (TPSA) is 68.3 Å². The Hall–Kier alpha value is -3.99. The number of carbonyl (C=O) groups excluding carboxylic acids is 2. The summed E-state index contributed by atoms with van der Waals surface area (Å²) in [4.78, 5) is 29.5. The Balaban J connectivity index is 1.57. The van der Waals surface area contributed by atoms with Crippen LogP contribution in [0, 0.1) is 0 Å². The van der Waals surface area contributed by atoms with Gasteiger partial charge in [0.1, 0.15) is 0 Å². The SMILES string of the molecule is O=C(COC(=O)c1cc(-c2ccccc2)nc2ccccc12)Nc1ccccc1. The van der Waals surface area contributed by atoms with Crippen LogP contribution < -0.4 is 5.32 Å². The third-order valence-corrected chi connectivity index (χ3v) is 4.40. The second-order valence-electron chi connectivity index (χ2n) is 6.43. The number of nitrogens with one attached hydrogen (secondary N) is 1. The van der Waals surface area contributed by atoms with Crippen molar-refractivity contribution in [1.29, 1.82) is 0 Å². The van der Waals surface area contributed by atoms with Crippen molar-refractivity contribution in [2.24, 2.45) is 0 Å². The summed E-state index contributed by atoms with van der Waals surface area (Å²) in [5, 5.41) is 3.38. The first-order valence-electron chi connectivity index (χ1n) is 9.18. The number of para-hydroxylation sites is 2. The van der Waals surface area contributed by atoms with Gasteiger partial charge in [-0.3, -0.25) is 4.79 Å². The molecule has 0 saturated carbocycles. The van der Waals surface area contributed by atoms with Gasteiger partial charge in [0.25, 0.3) is 5.91 Å². The molecule has 1 aromatic heterocycles. The number of anilines is 1. The summed E-state index contributed by atoms with van der Waals surface area (Å²) in [6, 6.07) is 27.7. The van der Waals surface area contributed by atoms with E-state index in [1.165, 1.54) is 0 Å². The molecule has 4 aromatic rings. The molecule has 1 amide bonds. The minimum Gasteiger partial charge on any atom is -0.452 e. The Morgan fingerprint density at radius 3 is 2.24 bits per heavy atom. The van der Waals surface area contributed by atoms with Crippen LogP contribution in [0.4, 0.5) is 5.69 Å². The number of benzene rings is 3. The highest BCUT2D eigenvalue weighted by atomic mass is 16.5. The standard InChI is InChI=1S/C24H18N2O3/c27-23(25-18-11-5-2-6-12-18)16-29-24(28)20-15-22(17-9-3-1-4-10-17)26-21-14-8-7-13-19(20)21/h1-15H,16H2,(H,25,27). The van der Waals surface area contributed by atoms with Gasteiger partial charge < -0.3 is 10.1 Å². The average molecular weight is 382 g/mol. The highest BCUT2D eigenvalue weighted by Crippen LogP contribution is 2.25. The largest absolute Gasteiger partial charge is 0.452 e. The summed E-state index contributed by atoms with van der Waals surface area (Å²) < 4.78 is 5.28. The number of esters is 1. The van der Waals surface area contributed by atoms with E-state index in [2.05, 4.69) is 10.3 Å². The molecule has 1 N–H and O–H groups in total. The quantitative estimate of drug-likeness (QED) is 0.508. The predicted molar refractivity (Wildman–Crippen MR) is 113 cm³/mol. The van der Waals surface area contributed by atoms with Crippen LogP contribution >= 0.6 is 0 Å². The summed E-state index contributed by atoms with van der Waals surface area (Å²) in [6.45, 7) is -0.370. The van der Waals surface area contributed by atoms with Gasteiger partial charge in [-0.2, -0.15) is 0 Å². The molecule has 0 bridgehead atoms. The van der Waals surface area contributed by atoms with E-state index in [1.54, 1.807) is 18.2 Å². The normalized spacial score (nSPS) is 10.5. The van der Waals surface area contributed by atoms with Gasteiger partial charge >= 0.3 is 5.97 Å². The van der Waals surface area contributed by atoms with Crippen LogP contribution in [-0.2, 0) is 9.53 Å². The van der Waals surface area contributed by atoms with Crippen LogP contribution in [-0.4, -0.2) is 23.5 Å². The second-order valence-corrected chi connectivity index (χ2v) is 6.43. The maximum atomic E-state index is 12.8. The third-order valence-electron chi connectivity index (χ3n) is 4.40. The first-order valence-corrected chi connectivity index (χ1v) is 9.18. The zero-order valence-electron chi connectivity index (χ0n) is 15.5. The number of carbonyl (C=O) groups is 2. The van der Waals surface area contributed by atoms with E-state index < -0.39 is 11.9 Å². The molecule has 0 aliphatic rings. The van der Waals surface area contributed by atoms with Crippen LogP contribution in [0.3, 0.4) is 0 Å². The molecule has 0 aliphatic carbocycles. The van der Waals surface area contributed by atoms with Crippen molar-refractivity contribution in [2.75, 3.05) is 11.9 Å². The van der Waals surface area contributed by atoms with Crippen LogP contribution in [0.15, 0.2) is 91.0 Å². The number of rotatable bonds is 5. The number of hydrogen-bond acceptors (Lipinski definition) is 4. The average Bonchev–Trinajstić information content (AvgIpc) is 2.78. The van der Waals surface area contributed by atoms with Crippen molar-refractivity contribution < 1.29 is 14.3 Å². The fourth-order valence-corrected chi connectivity index (χ4v) is 3.03. The van der Waals surface area contributed by atoms with Gasteiger partial charge in [-0.15, -0.1) is 0 Å². The fraction of sp³-hybridized carbons (Fsp3) is 0.0417. The van der Waals surface area contributed by atoms with E-state index in [0.29, 0.717) is 27.8 Å². The summed E-state index contributed by atoms with van der Waals surface area (Å²) in [5.41, 5.74) is 3.28. The minimum absolute atomic E-state index is 0.370. The molecule has 0 saturated heterocycles. The summed E-state index contributed by atoms with van der Waals surface area (Å²) in [7, 11) is 0. The number of aromatic nitrogens is 1. The van der Waals surface area contributed by atoms with Crippen LogP contribution in [0.25, 0.3) is 22.2 Å². The number of nitrogens with zero attached hydrogens (tertiary/aromatic N) is 1. The molecule has 3 aromatic carbocycles. The Morgan fingerprint density at radius 1 is 0.828 bits per heavy atom. The second kappa shape index (κ2) is 8.35. The van der Waals surface area contributed by atoms with Gasteiger partial charge in [0, 0.05) is 16.6 Å². The van der Waals surface area contributed by atoms with Crippen molar-refractivity contribution in [3.8, 4) is 11.3 Å². The Bertz CT molecular complexity index is 1160. The summed E-state index contributed by atoms with van der Waals surface area (Å²) >= 11 is 0. The molecular weight excluding hydrogens is 364 g/mol. The number of amides is 1. The van der Waals surface area contributed by atoms with Gasteiger partial charge in [-0.05, 0) is 24.3 Å². The first-order chi connectivity index (χ1) is 14.2. The van der Waals surface area contributed by atoms with Crippen LogP contribution in [0.1, 0.15) is 10.4 Å². The van der Waals surface area contributed by atoms with E-state index in [9.17, 15) is 9.59 Å². The first kappa shape index (κ1) is 18.4. The van der Waals surface area contributed by atoms with Gasteiger partial charge in [0.2, 0.25) is 0 Å². The van der Waals surface area contributed by atoms with Gasteiger partial charge in [-0.25, -0.2) is 9.78 Å². The number of fused-ring (bicyclic) bond motifs is 1. The zero-order chi connectivity index (χ0) is 20.1. The Morgan fingerprint density at radius 2 is 1.48 bits per heavy atom. The lowest BCUT2D eigenvalue weighted by molar-refractivity contribution is -0.119. The zero-order valence-corrected chi connectivity index (χ0v) is 15.5. The molecule has 29 heavy (non-hydrogen) atoms. The third kappa shape index (κ3) is 4.30. The number of pyridine rings is 1. The van der Waals surface area contributed by atoms with E-state index in [0.717, 1.165) is 5.56 Å². The highest BCUT2D eigenvalue weighted by molar-refractivity contribution is 6.05. The molecule has 5 heteroatoms. The van der Waals surface area contributed by atoms with E-state index in [1.807, 2.05) is 72.8 Å². The molecular formula is C24H18N2O3. The van der Waals surface area contributed by atoms with Crippen molar-refractivity contribution in [3.63, 3.8) is 0 Å². The van der Waals surface area contributed by atoms with Crippen LogP contribution in [0.2, 0.25) is 0 Å². The van der Waals surface area contributed by atoms with E-state index in [-0.39, 0.29) is 6.61 Å². The summed E-state index contributed by atoms with van der Waals surface area (Å²) in [6.07, 6.45) is 0. The maximum Gasteiger partial charge on any atom is 0.339 e. The molecule has 0 aliphatic heterocycles. The lowest BCUT2D eigenvalue weighted by Gasteiger charge is -2.10. The monoisotopic (exact) mass is 382 g/mol. The lowest BCUT2D eigenvalue weighted by Crippen LogP contribution is -2.21. The molecule has 1 heterocycles. The predicted octanol–water partition coefficient (Wildman–Crippen LogP) is 4.70. The fourth-order valence-electron chi connectivity index (χ4n) is 3.03. The molecule has 0 fully saturated rings. The maximum absolute atomic E-state index is 12.8.